The molecule has 0 saturated heterocycles. The summed E-state index contributed by atoms with van der Waals surface area (Å²) in [5.74, 6) is 0.0208. The van der Waals surface area contributed by atoms with E-state index in [1.807, 2.05) is 0 Å². The Hall–Kier alpha value is -1.56. The fraction of sp³-hybridized carbons (Fsp3) is 0.500. The van der Waals surface area contributed by atoms with Gasteiger partial charge in [-0.25, -0.2) is 0 Å². The second-order valence-electron chi connectivity index (χ2n) is 4.96. The van der Waals surface area contributed by atoms with Crippen molar-refractivity contribution in [3.63, 3.8) is 0 Å². The zero-order chi connectivity index (χ0) is 14.6. The van der Waals surface area contributed by atoms with Gasteiger partial charge in [0.2, 0.25) is 5.91 Å². The summed E-state index contributed by atoms with van der Waals surface area (Å²) in [5.41, 5.74) is 0.116. The molecule has 0 heterocycles. The molecule has 3 nitrogen and oxygen atoms in total. The van der Waals surface area contributed by atoms with Crippen LogP contribution < -0.4 is 10.6 Å². The number of hydrogen-bond acceptors (Lipinski definition) is 2. The van der Waals surface area contributed by atoms with E-state index in [1.54, 1.807) is 0 Å². The van der Waals surface area contributed by atoms with Crippen LogP contribution in [0.5, 0.6) is 0 Å². The van der Waals surface area contributed by atoms with Crippen molar-refractivity contribution < 1.29 is 18.0 Å². The molecule has 20 heavy (non-hydrogen) atoms. The molecule has 2 rings (SSSR count). The Labute approximate surface area is 115 Å². The van der Waals surface area contributed by atoms with Crippen molar-refractivity contribution in [2.75, 3.05) is 6.54 Å². The van der Waals surface area contributed by atoms with Gasteiger partial charge in [-0.15, -0.1) is 0 Å². The molecular weight excluding hydrogens is 269 g/mol. The normalized spacial score (nSPS) is 15.2. The first kappa shape index (κ1) is 14.8. The van der Waals surface area contributed by atoms with Gasteiger partial charge < -0.3 is 10.6 Å². The second kappa shape index (κ2) is 6.26. The number of alkyl halides is 3. The Balaban J connectivity index is 1.67. The lowest BCUT2D eigenvalue weighted by Gasteiger charge is -2.08. The molecule has 110 valence electrons. The Morgan fingerprint density at radius 2 is 1.85 bits per heavy atom. The molecule has 0 aliphatic heterocycles. The lowest BCUT2D eigenvalue weighted by Crippen LogP contribution is -2.29. The van der Waals surface area contributed by atoms with Gasteiger partial charge in [-0.2, -0.15) is 13.2 Å². The molecule has 0 radical (unpaired) electrons. The molecule has 0 aromatic heterocycles. The highest BCUT2D eigenvalue weighted by Gasteiger charge is 2.29. The van der Waals surface area contributed by atoms with Crippen molar-refractivity contribution >= 4 is 5.91 Å². The quantitative estimate of drug-likeness (QED) is 0.789. The molecule has 0 spiro atoms. The van der Waals surface area contributed by atoms with Crippen molar-refractivity contribution in [3.05, 3.63) is 35.4 Å². The number of halogens is 3. The first-order valence-electron chi connectivity index (χ1n) is 6.61. The fourth-order valence-electron chi connectivity index (χ4n) is 1.77. The van der Waals surface area contributed by atoms with Gasteiger partial charge in [0.15, 0.2) is 0 Å². The van der Waals surface area contributed by atoms with Crippen LogP contribution in [0.15, 0.2) is 24.3 Å². The number of carbonyl (C=O) groups is 1. The van der Waals surface area contributed by atoms with E-state index in [-0.39, 0.29) is 5.91 Å². The Morgan fingerprint density at radius 3 is 2.40 bits per heavy atom. The summed E-state index contributed by atoms with van der Waals surface area (Å²) in [6, 6.07) is 5.38. The average Bonchev–Trinajstić information content (AvgIpc) is 3.18. The summed E-state index contributed by atoms with van der Waals surface area (Å²) in [7, 11) is 0. The zero-order valence-corrected chi connectivity index (χ0v) is 11.0. The Kier molecular flexibility index (Phi) is 4.65. The summed E-state index contributed by atoms with van der Waals surface area (Å²) in [6.45, 7) is 0.967. The summed E-state index contributed by atoms with van der Waals surface area (Å²) in [5, 5.41) is 5.92. The SMILES string of the molecule is O=C(CCNCc1ccc(C(F)(F)F)cc1)NC1CC1. The number of carbonyl (C=O) groups excluding carboxylic acids is 1. The van der Waals surface area contributed by atoms with Crippen LogP contribution in [0.2, 0.25) is 0 Å². The summed E-state index contributed by atoms with van der Waals surface area (Å²) in [6.07, 6.45) is -1.79. The monoisotopic (exact) mass is 286 g/mol. The van der Waals surface area contributed by atoms with Gasteiger partial charge in [0.25, 0.3) is 0 Å². The van der Waals surface area contributed by atoms with Gasteiger partial charge in [0, 0.05) is 25.6 Å². The highest BCUT2D eigenvalue weighted by Crippen LogP contribution is 2.29. The molecule has 1 amide bonds. The molecule has 1 fully saturated rings. The van der Waals surface area contributed by atoms with Crippen LogP contribution in [0.25, 0.3) is 0 Å². The first-order chi connectivity index (χ1) is 9.45. The third kappa shape index (κ3) is 4.85. The maximum Gasteiger partial charge on any atom is 0.416 e. The van der Waals surface area contributed by atoms with E-state index < -0.39 is 11.7 Å². The topological polar surface area (TPSA) is 41.1 Å². The molecule has 0 unspecified atom stereocenters. The number of amides is 1. The molecule has 1 aromatic carbocycles. The summed E-state index contributed by atoms with van der Waals surface area (Å²) >= 11 is 0. The van der Waals surface area contributed by atoms with Gasteiger partial charge in [-0.1, -0.05) is 12.1 Å². The fourth-order valence-corrected chi connectivity index (χ4v) is 1.77. The minimum Gasteiger partial charge on any atom is -0.353 e. The highest BCUT2D eigenvalue weighted by molar-refractivity contribution is 5.76. The number of benzene rings is 1. The van der Waals surface area contributed by atoms with Crippen LogP contribution in [0.3, 0.4) is 0 Å². The van der Waals surface area contributed by atoms with Gasteiger partial charge in [0.05, 0.1) is 5.56 Å². The van der Waals surface area contributed by atoms with Gasteiger partial charge >= 0.3 is 6.18 Å². The van der Waals surface area contributed by atoms with Gasteiger partial charge in [-0.3, -0.25) is 4.79 Å². The maximum atomic E-state index is 12.4. The lowest BCUT2D eigenvalue weighted by molar-refractivity contribution is -0.137. The third-order valence-electron chi connectivity index (χ3n) is 3.08. The molecule has 6 heteroatoms. The van der Waals surface area contributed by atoms with Crippen molar-refractivity contribution in [2.24, 2.45) is 0 Å². The van der Waals surface area contributed by atoms with Crippen LogP contribution in [0, 0.1) is 0 Å². The zero-order valence-electron chi connectivity index (χ0n) is 11.0. The first-order valence-corrected chi connectivity index (χ1v) is 6.61. The van der Waals surface area contributed by atoms with Crippen LogP contribution >= 0.6 is 0 Å². The second-order valence-corrected chi connectivity index (χ2v) is 4.96. The number of hydrogen-bond donors (Lipinski definition) is 2. The standard InChI is InChI=1S/C14H17F3N2O/c15-14(16,17)11-3-1-10(2-4-11)9-18-8-7-13(20)19-12-5-6-12/h1-4,12,18H,5-9H2,(H,19,20). The molecule has 1 aliphatic rings. The average molecular weight is 286 g/mol. The van der Waals surface area contributed by atoms with E-state index in [2.05, 4.69) is 10.6 Å². The molecule has 0 bridgehead atoms. The van der Waals surface area contributed by atoms with E-state index in [1.165, 1.54) is 12.1 Å². The molecule has 0 atom stereocenters. The number of rotatable bonds is 6. The molecule has 1 aromatic rings. The number of nitrogens with one attached hydrogen (secondary N) is 2. The summed E-state index contributed by atoms with van der Waals surface area (Å²) < 4.78 is 37.1. The largest absolute Gasteiger partial charge is 0.416 e. The minimum atomic E-state index is -4.30. The Morgan fingerprint density at radius 1 is 1.20 bits per heavy atom. The van der Waals surface area contributed by atoms with Crippen molar-refractivity contribution in [2.45, 2.75) is 38.0 Å². The predicted octanol–water partition coefficient (Wildman–Crippen LogP) is 2.46. The van der Waals surface area contributed by atoms with E-state index in [0.717, 1.165) is 30.5 Å². The summed E-state index contributed by atoms with van der Waals surface area (Å²) in [4.78, 5) is 11.4. The molecule has 1 saturated carbocycles. The van der Waals surface area contributed by atoms with Gasteiger partial charge in [0.1, 0.15) is 0 Å². The van der Waals surface area contributed by atoms with Crippen LogP contribution in [-0.2, 0) is 17.5 Å². The minimum absolute atomic E-state index is 0.0208. The lowest BCUT2D eigenvalue weighted by atomic mass is 10.1. The van der Waals surface area contributed by atoms with E-state index in [9.17, 15) is 18.0 Å². The molecular formula is C14H17F3N2O. The smallest absolute Gasteiger partial charge is 0.353 e. The maximum absolute atomic E-state index is 12.4. The Bertz CT molecular complexity index is 452. The highest BCUT2D eigenvalue weighted by atomic mass is 19.4. The van der Waals surface area contributed by atoms with E-state index >= 15 is 0 Å². The van der Waals surface area contributed by atoms with E-state index in [0.29, 0.717) is 25.6 Å². The van der Waals surface area contributed by atoms with Gasteiger partial charge in [-0.05, 0) is 30.5 Å². The van der Waals surface area contributed by atoms with E-state index in [4.69, 9.17) is 0 Å². The van der Waals surface area contributed by atoms with Crippen LogP contribution in [0.4, 0.5) is 13.2 Å². The van der Waals surface area contributed by atoms with Crippen LogP contribution in [0.1, 0.15) is 30.4 Å². The molecule has 2 N–H and O–H groups in total. The van der Waals surface area contributed by atoms with Crippen molar-refractivity contribution in [1.82, 2.24) is 10.6 Å². The predicted molar refractivity (Wildman–Crippen MR) is 68.9 cm³/mol. The third-order valence-corrected chi connectivity index (χ3v) is 3.08. The molecule has 1 aliphatic carbocycles. The van der Waals surface area contributed by atoms with Crippen LogP contribution in [-0.4, -0.2) is 18.5 Å². The van der Waals surface area contributed by atoms with Crippen molar-refractivity contribution in [1.29, 1.82) is 0 Å². The van der Waals surface area contributed by atoms with Crippen molar-refractivity contribution in [3.8, 4) is 0 Å².